The van der Waals surface area contributed by atoms with Crippen molar-refractivity contribution in [1.29, 1.82) is 0 Å². The Morgan fingerprint density at radius 1 is 1.32 bits per heavy atom. The van der Waals surface area contributed by atoms with Gasteiger partial charge in [0.15, 0.2) is 0 Å². The van der Waals surface area contributed by atoms with Crippen LogP contribution in [0.4, 0.5) is 5.69 Å². The highest BCUT2D eigenvalue weighted by molar-refractivity contribution is 6.30. The number of halogens is 1. The standard InChI is InChI=1S/C13H17ClN2O3/c1-16(8-7-13(18)19-2)9-12(17)15-11-5-3-10(14)4-6-11/h3-6H,7-9H2,1-2H3,(H,15,17). The molecular weight excluding hydrogens is 268 g/mol. The van der Waals surface area contributed by atoms with E-state index in [1.165, 1.54) is 7.11 Å². The van der Waals surface area contributed by atoms with Gasteiger partial charge in [0.25, 0.3) is 0 Å². The number of nitrogens with zero attached hydrogens (tertiary/aromatic N) is 1. The van der Waals surface area contributed by atoms with Crippen LogP contribution in [-0.2, 0) is 14.3 Å². The quantitative estimate of drug-likeness (QED) is 0.809. The maximum atomic E-state index is 11.7. The van der Waals surface area contributed by atoms with Crippen LogP contribution in [0.25, 0.3) is 0 Å². The van der Waals surface area contributed by atoms with E-state index in [1.807, 2.05) is 0 Å². The number of hydrogen-bond donors (Lipinski definition) is 1. The Bertz CT molecular complexity index is 434. The van der Waals surface area contributed by atoms with E-state index in [2.05, 4.69) is 10.1 Å². The number of nitrogens with one attached hydrogen (secondary N) is 1. The molecule has 0 aliphatic heterocycles. The summed E-state index contributed by atoms with van der Waals surface area (Å²) in [7, 11) is 3.11. The molecule has 1 aromatic carbocycles. The van der Waals surface area contributed by atoms with Crippen molar-refractivity contribution in [3.8, 4) is 0 Å². The topological polar surface area (TPSA) is 58.6 Å². The molecule has 19 heavy (non-hydrogen) atoms. The molecule has 104 valence electrons. The van der Waals surface area contributed by atoms with Gasteiger partial charge in [-0.1, -0.05) is 11.6 Å². The molecule has 0 fully saturated rings. The van der Waals surface area contributed by atoms with E-state index in [1.54, 1.807) is 36.2 Å². The molecule has 0 heterocycles. The summed E-state index contributed by atoms with van der Waals surface area (Å²) in [6.07, 6.45) is 0.265. The molecule has 0 saturated heterocycles. The number of esters is 1. The summed E-state index contributed by atoms with van der Waals surface area (Å²) in [5.74, 6) is -0.431. The lowest BCUT2D eigenvalue weighted by Gasteiger charge is -2.15. The number of carbonyl (C=O) groups is 2. The van der Waals surface area contributed by atoms with Crippen molar-refractivity contribution in [3.63, 3.8) is 0 Å². The van der Waals surface area contributed by atoms with Gasteiger partial charge in [0.1, 0.15) is 0 Å². The Kier molecular flexibility index (Phi) is 6.32. The third kappa shape index (κ3) is 6.22. The predicted molar refractivity (Wildman–Crippen MR) is 74.2 cm³/mol. The second kappa shape index (κ2) is 7.76. The molecule has 0 atom stereocenters. The van der Waals surface area contributed by atoms with Crippen molar-refractivity contribution in [2.45, 2.75) is 6.42 Å². The van der Waals surface area contributed by atoms with Gasteiger partial charge in [0.2, 0.25) is 5.91 Å². The summed E-state index contributed by atoms with van der Waals surface area (Å²) < 4.78 is 4.53. The van der Waals surface area contributed by atoms with Gasteiger partial charge in [0.05, 0.1) is 20.1 Å². The number of methoxy groups -OCH3 is 1. The first-order valence-corrected chi connectivity index (χ1v) is 6.20. The Morgan fingerprint density at radius 2 is 1.95 bits per heavy atom. The molecule has 0 aliphatic carbocycles. The largest absolute Gasteiger partial charge is 0.469 e. The molecule has 0 bridgehead atoms. The van der Waals surface area contributed by atoms with Gasteiger partial charge in [-0.15, -0.1) is 0 Å². The van der Waals surface area contributed by atoms with Gasteiger partial charge in [0, 0.05) is 17.3 Å². The van der Waals surface area contributed by atoms with E-state index >= 15 is 0 Å². The fourth-order valence-electron chi connectivity index (χ4n) is 1.44. The van der Waals surface area contributed by atoms with Crippen molar-refractivity contribution in [2.24, 2.45) is 0 Å². The van der Waals surface area contributed by atoms with Crippen molar-refractivity contribution < 1.29 is 14.3 Å². The summed E-state index contributed by atoms with van der Waals surface area (Å²) >= 11 is 5.75. The molecule has 1 rings (SSSR count). The molecule has 0 aromatic heterocycles. The van der Waals surface area contributed by atoms with Crippen molar-refractivity contribution in [1.82, 2.24) is 4.90 Å². The summed E-state index contributed by atoms with van der Waals surface area (Å²) in [5, 5.41) is 3.36. The van der Waals surface area contributed by atoms with Crippen LogP contribution in [0.1, 0.15) is 6.42 Å². The predicted octanol–water partition coefficient (Wildman–Crippen LogP) is 1.77. The highest BCUT2D eigenvalue weighted by Gasteiger charge is 2.09. The van der Waals surface area contributed by atoms with Crippen LogP contribution in [0.5, 0.6) is 0 Å². The molecule has 5 nitrogen and oxygen atoms in total. The molecule has 6 heteroatoms. The van der Waals surface area contributed by atoms with Gasteiger partial charge in [-0.25, -0.2) is 0 Å². The maximum absolute atomic E-state index is 11.7. The Hall–Kier alpha value is -1.59. The molecule has 0 spiro atoms. The molecular formula is C13H17ClN2O3. The van der Waals surface area contributed by atoms with Crippen LogP contribution in [0, 0.1) is 0 Å². The van der Waals surface area contributed by atoms with E-state index in [0.29, 0.717) is 17.3 Å². The molecule has 0 aliphatic rings. The first-order valence-electron chi connectivity index (χ1n) is 5.82. The molecule has 0 unspecified atom stereocenters. The second-order valence-electron chi connectivity index (χ2n) is 4.12. The first-order chi connectivity index (χ1) is 9.01. The normalized spacial score (nSPS) is 10.3. The van der Waals surface area contributed by atoms with E-state index in [-0.39, 0.29) is 24.8 Å². The summed E-state index contributed by atoms with van der Waals surface area (Å²) in [5.41, 5.74) is 0.691. The lowest BCUT2D eigenvalue weighted by atomic mass is 10.3. The number of anilines is 1. The number of carbonyl (C=O) groups excluding carboxylic acids is 2. The number of likely N-dealkylation sites (N-methyl/N-ethyl adjacent to an activating group) is 1. The van der Waals surface area contributed by atoms with E-state index in [0.717, 1.165) is 0 Å². The fourth-order valence-corrected chi connectivity index (χ4v) is 1.57. The van der Waals surface area contributed by atoms with Crippen LogP contribution >= 0.6 is 11.6 Å². The number of rotatable bonds is 6. The average molecular weight is 285 g/mol. The third-order valence-electron chi connectivity index (χ3n) is 2.47. The molecule has 1 aromatic rings. The lowest BCUT2D eigenvalue weighted by molar-refractivity contribution is -0.141. The van der Waals surface area contributed by atoms with Gasteiger partial charge in [-0.05, 0) is 31.3 Å². The van der Waals surface area contributed by atoms with Gasteiger partial charge >= 0.3 is 5.97 Å². The SMILES string of the molecule is COC(=O)CCN(C)CC(=O)Nc1ccc(Cl)cc1. The van der Waals surface area contributed by atoms with E-state index in [9.17, 15) is 9.59 Å². The monoisotopic (exact) mass is 284 g/mol. The lowest BCUT2D eigenvalue weighted by Crippen LogP contribution is -2.31. The maximum Gasteiger partial charge on any atom is 0.306 e. The summed E-state index contributed by atoms with van der Waals surface area (Å²) in [6.45, 7) is 0.681. The molecule has 1 N–H and O–H groups in total. The van der Waals surface area contributed by atoms with Crippen LogP contribution in [0.2, 0.25) is 5.02 Å². The van der Waals surface area contributed by atoms with E-state index < -0.39 is 0 Å². The minimum absolute atomic E-state index is 0.144. The van der Waals surface area contributed by atoms with Gasteiger partial charge in [-0.3, -0.25) is 14.5 Å². The van der Waals surface area contributed by atoms with Crippen LogP contribution in [0.3, 0.4) is 0 Å². The molecule has 0 saturated carbocycles. The molecule has 1 amide bonds. The number of benzene rings is 1. The van der Waals surface area contributed by atoms with Crippen LogP contribution in [-0.4, -0.2) is 44.0 Å². The van der Waals surface area contributed by atoms with Crippen molar-refractivity contribution in [3.05, 3.63) is 29.3 Å². The van der Waals surface area contributed by atoms with Crippen molar-refractivity contribution >= 4 is 29.2 Å². The summed E-state index contributed by atoms with van der Waals surface area (Å²) in [4.78, 5) is 24.4. The first kappa shape index (κ1) is 15.5. The molecule has 0 radical (unpaired) electrons. The number of hydrogen-bond acceptors (Lipinski definition) is 4. The number of amides is 1. The van der Waals surface area contributed by atoms with Crippen LogP contribution < -0.4 is 5.32 Å². The van der Waals surface area contributed by atoms with Crippen LogP contribution in [0.15, 0.2) is 24.3 Å². The Morgan fingerprint density at radius 3 is 2.53 bits per heavy atom. The minimum atomic E-state index is -0.287. The summed E-state index contributed by atoms with van der Waals surface area (Å²) in [6, 6.07) is 6.87. The zero-order chi connectivity index (χ0) is 14.3. The second-order valence-corrected chi connectivity index (χ2v) is 4.56. The smallest absolute Gasteiger partial charge is 0.306 e. The average Bonchev–Trinajstić information content (AvgIpc) is 2.38. The third-order valence-corrected chi connectivity index (χ3v) is 2.72. The van der Waals surface area contributed by atoms with Gasteiger partial charge in [-0.2, -0.15) is 0 Å². The van der Waals surface area contributed by atoms with Crippen molar-refractivity contribution in [2.75, 3.05) is 32.6 Å². The minimum Gasteiger partial charge on any atom is -0.469 e. The highest BCUT2D eigenvalue weighted by atomic mass is 35.5. The Labute approximate surface area is 117 Å². The Balaban J connectivity index is 2.34. The van der Waals surface area contributed by atoms with E-state index in [4.69, 9.17) is 11.6 Å². The fraction of sp³-hybridized carbons (Fsp3) is 0.385. The zero-order valence-corrected chi connectivity index (χ0v) is 11.7. The highest BCUT2D eigenvalue weighted by Crippen LogP contribution is 2.13. The number of ether oxygens (including phenoxy) is 1. The van der Waals surface area contributed by atoms with Gasteiger partial charge < -0.3 is 10.1 Å². The zero-order valence-electron chi connectivity index (χ0n) is 11.0.